The van der Waals surface area contributed by atoms with Crippen molar-refractivity contribution in [1.29, 1.82) is 0 Å². The fourth-order valence-electron chi connectivity index (χ4n) is 2.98. The zero-order valence-corrected chi connectivity index (χ0v) is 20.4. The fraction of sp³-hybridized carbons (Fsp3) is 0.526. The number of rotatable bonds is 5. The van der Waals surface area contributed by atoms with Crippen LogP contribution in [0.2, 0.25) is 0 Å². The molecule has 9 heteroatoms. The third kappa shape index (κ3) is 7.23. The third-order valence-electron chi connectivity index (χ3n) is 4.51. The van der Waals surface area contributed by atoms with Crippen LogP contribution in [0.1, 0.15) is 25.3 Å². The quantitative estimate of drug-likeness (QED) is 0.248. The topological polar surface area (TPSA) is 83.0 Å². The number of benzene rings is 1. The van der Waals surface area contributed by atoms with Crippen LogP contribution in [0.4, 0.5) is 5.69 Å². The summed E-state index contributed by atoms with van der Waals surface area (Å²) in [5.74, 6) is 0.315. The molecule has 0 radical (unpaired) electrons. The molecule has 156 valence electrons. The Bertz CT molecular complexity index is 706. The Hall–Kier alpha value is -1.36. The second-order valence-corrected chi connectivity index (χ2v) is 7.38. The predicted molar refractivity (Wildman–Crippen MR) is 125 cm³/mol. The number of carbonyl (C=O) groups excluding carboxylic acids is 2. The second-order valence-electron chi connectivity index (χ2n) is 6.46. The van der Waals surface area contributed by atoms with E-state index in [0.29, 0.717) is 25.6 Å². The van der Waals surface area contributed by atoms with Crippen molar-refractivity contribution in [3.05, 3.63) is 28.2 Å². The molecule has 1 aliphatic heterocycles. The number of carbonyl (C=O) groups is 2. The molecule has 1 amide bonds. The van der Waals surface area contributed by atoms with E-state index in [9.17, 15) is 9.59 Å². The monoisotopic (exact) mass is 566 g/mol. The summed E-state index contributed by atoms with van der Waals surface area (Å²) >= 11 is 3.41. The number of likely N-dealkylation sites (tertiary alicyclic amines) is 1. The van der Waals surface area contributed by atoms with Gasteiger partial charge in [-0.15, -0.1) is 24.0 Å². The molecule has 0 bridgehead atoms. The molecule has 0 aliphatic carbocycles. The van der Waals surface area contributed by atoms with E-state index < -0.39 is 0 Å². The Morgan fingerprint density at radius 2 is 2.00 bits per heavy atom. The molecule has 1 fully saturated rings. The van der Waals surface area contributed by atoms with Crippen LogP contribution in [-0.2, 0) is 14.3 Å². The number of aliphatic imine (C=N–C) groups is 1. The van der Waals surface area contributed by atoms with Gasteiger partial charge in [0, 0.05) is 29.8 Å². The van der Waals surface area contributed by atoms with Gasteiger partial charge < -0.3 is 20.3 Å². The third-order valence-corrected chi connectivity index (χ3v) is 5.00. The van der Waals surface area contributed by atoms with Gasteiger partial charge in [-0.05, 0) is 44.4 Å². The number of hydrogen-bond acceptors (Lipinski definition) is 4. The van der Waals surface area contributed by atoms with Crippen molar-refractivity contribution in [3.63, 3.8) is 0 Å². The van der Waals surface area contributed by atoms with E-state index in [1.54, 1.807) is 0 Å². The molecule has 1 heterocycles. The highest BCUT2D eigenvalue weighted by Gasteiger charge is 2.27. The van der Waals surface area contributed by atoms with Gasteiger partial charge >= 0.3 is 5.97 Å². The standard InChI is InChI=1S/C19H27BrN4O3.HI/c1-4-21-19(24-9-7-14(8-10-24)18(26)27-3)22-12-17(25)23-16-11-15(20)6-5-13(16)2;/h5-6,11,14H,4,7-10,12H2,1-3H3,(H,21,22)(H,23,25);1H. The number of nitrogens with zero attached hydrogens (tertiary/aromatic N) is 2. The summed E-state index contributed by atoms with van der Waals surface area (Å²) < 4.78 is 5.74. The number of anilines is 1. The van der Waals surface area contributed by atoms with Gasteiger partial charge in [0.15, 0.2) is 5.96 Å². The summed E-state index contributed by atoms with van der Waals surface area (Å²) in [5, 5.41) is 6.12. The number of methoxy groups -OCH3 is 1. The summed E-state index contributed by atoms with van der Waals surface area (Å²) in [4.78, 5) is 30.5. The van der Waals surface area contributed by atoms with E-state index in [1.807, 2.05) is 32.0 Å². The summed E-state index contributed by atoms with van der Waals surface area (Å²) in [6.07, 6.45) is 1.45. The van der Waals surface area contributed by atoms with Gasteiger partial charge in [0.05, 0.1) is 13.0 Å². The van der Waals surface area contributed by atoms with E-state index in [4.69, 9.17) is 4.74 Å². The molecule has 0 atom stereocenters. The first-order valence-corrected chi connectivity index (χ1v) is 9.91. The van der Waals surface area contributed by atoms with Crippen LogP contribution in [0.5, 0.6) is 0 Å². The SMILES string of the molecule is CCNC(=NCC(=O)Nc1cc(Br)ccc1C)N1CCC(C(=O)OC)CC1.I. The molecule has 0 unspecified atom stereocenters. The van der Waals surface area contributed by atoms with Crippen molar-refractivity contribution in [2.24, 2.45) is 10.9 Å². The van der Waals surface area contributed by atoms with Crippen molar-refractivity contribution in [3.8, 4) is 0 Å². The molecule has 7 nitrogen and oxygen atoms in total. The van der Waals surface area contributed by atoms with Crippen LogP contribution < -0.4 is 10.6 Å². The first-order chi connectivity index (χ1) is 12.9. The predicted octanol–water partition coefficient (Wildman–Crippen LogP) is 3.16. The Morgan fingerprint density at radius 1 is 1.32 bits per heavy atom. The van der Waals surface area contributed by atoms with Gasteiger partial charge in [-0.2, -0.15) is 0 Å². The van der Waals surface area contributed by atoms with E-state index in [2.05, 4.69) is 36.5 Å². The molecular formula is C19H28BrIN4O3. The van der Waals surface area contributed by atoms with Gasteiger partial charge in [-0.1, -0.05) is 22.0 Å². The number of nitrogens with one attached hydrogen (secondary N) is 2. The second kappa shape index (κ2) is 12.3. The number of hydrogen-bond donors (Lipinski definition) is 2. The molecule has 1 saturated heterocycles. The van der Waals surface area contributed by atoms with Crippen LogP contribution in [0.25, 0.3) is 0 Å². The highest BCUT2D eigenvalue weighted by Crippen LogP contribution is 2.21. The van der Waals surface area contributed by atoms with Gasteiger partial charge in [0.1, 0.15) is 6.54 Å². The zero-order chi connectivity index (χ0) is 19.8. The maximum absolute atomic E-state index is 12.3. The lowest BCUT2D eigenvalue weighted by atomic mass is 9.97. The average Bonchev–Trinajstić information content (AvgIpc) is 2.67. The molecule has 2 N–H and O–H groups in total. The molecule has 1 aromatic carbocycles. The summed E-state index contributed by atoms with van der Waals surface area (Å²) in [7, 11) is 1.42. The first-order valence-electron chi connectivity index (χ1n) is 9.11. The lowest BCUT2D eigenvalue weighted by molar-refractivity contribution is -0.146. The van der Waals surface area contributed by atoms with Crippen LogP contribution in [0.15, 0.2) is 27.7 Å². The first kappa shape index (κ1) is 24.7. The van der Waals surface area contributed by atoms with Crippen molar-refractivity contribution in [2.75, 3.05) is 38.6 Å². The van der Waals surface area contributed by atoms with E-state index in [1.165, 1.54) is 7.11 Å². The van der Waals surface area contributed by atoms with Crippen molar-refractivity contribution in [2.45, 2.75) is 26.7 Å². The lowest BCUT2D eigenvalue weighted by Crippen LogP contribution is -2.47. The average molecular weight is 567 g/mol. The van der Waals surface area contributed by atoms with Gasteiger partial charge in [-0.3, -0.25) is 9.59 Å². The zero-order valence-electron chi connectivity index (χ0n) is 16.5. The number of guanidine groups is 1. The number of aryl methyl sites for hydroxylation is 1. The summed E-state index contributed by atoms with van der Waals surface area (Å²) in [6, 6.07) is 5.75. The minimum Gasteiger partial charge on any atom is -0.469 e. The van der Waals surface area contributed by atoms with Crippen LogP contribution in [0, 0.1) is 12.8 Å². The molecular weight excluding hydrogens is 539 g/mol. The molecule has 0 spiro atoms. The van der Waals surface area contributed by atoms with Gasteiger partial charge in [0.2, 0.25) is 5.91 Å². The Balaban J connectivity index is 0.00000392. The van der Waals surface area contributed by atoms with Gasteiger partial charge in [-0.25, -0.2) is 4.99 Å². The minimum absolute atomic E-state index is 0. The highest BCUT2D eigenvalue weighted by molar-refractivity contribution is 14.0. The molecule has 1 aromatic rings. The van der Waals surface area contributed by atoms with E-state index >= 15 is 0 Å². The number of halogens is 2. The van der Waals surface area contributed by atoms with Crippen molar-refractivity contribution >= 4 is 63.4 Å². The molecule has 28 heavy (non-hydrogen) atoms. The summed E-state index contributed by atoms with van der Waals surface area (Å²) in [5.41, 5.74) is 1.76. The number of esters is 1. The number of piperidine rings is 1. The number of amides is 1. The normalized spacial score (nSPS) is 14.9. The van der Waals surface area contributed by atoms with Crippen molar-refractivity contribution < 1.29 is 14.3 Å². The largest absolute Gasteiger partial charge is 0.469 e. The smallest absolute Gasteiger partial charge is 0.308 e. The Labute approximate surface area is 191 Å². The maximum atomic E-state index is 12.3. The Kier molecular flexibility index (Phi) is 10.8. The van der Waals surface area contributed by atoms with E-state index in [0.717, 1.165) is 28.6 Å². The molecule has 0 saturated carbocycles. The van der Waals surface area contributed by atoms with Crippen LogP contribution in [0.3, 0.4) is 0 Å². The lowest BCUT2D eigenvalue weighted by Gasteiger charge is -2.33. The molecule has 1 aliphatic rings. The molecule has 2 rings (SSSR count). The van der Waals surface area contributed by atoms with Crippen LogP contribution >= 0.6 is 39.9 Å². The molecule has 0 aromatic heterocycles. The number of ether oxygens (including phenoxy) is 1. The van der Waals surface area contributed by atoms with Crippen LogP contribution in [-0.4, -0.2) is 56.0 Å². The van der Waals surface area contributed by atoms with Crippen molar-refractivity contribution in [1.82, 2.24) is 10.2 Å². The fourth-order valence-corrected chi connectivity index (χ4v) is 3.35. The summed E-state index contributed by atoms with van der Waals surface area (Å²) in [6.45, 7) is 6.09. The van der Waals surface area contributed by atoms with Gasteiger partial charge in [0.25, 0.3) is 0 Å². The Morgan fingerprint density at radius 3 is 2.61 bits per heavy atom. The van der Waals surface area contributed by atoms with E-state index in [-0.39, 0.29) is 48.3 Å². The highest BCUT2D eigenvalue weighted by atomic mass is 127. The minimum atomic E-state index is -0.170. The maximum Gasteiger partial charge on any atom is 0.308 e.